The Kier molecular flexibility index (Phi) is 14.9. The minimum atomic E-state index is 0.209. The molecule has 0 spiro atoms. The number of unbranched alkanes of at least 4 members (excludes halogenated alkanes) is 2. The van der Waals surface area contributed by atoms with Gasteiger partial charge in [-0.25, -0.2) is 4.68 Å². The summed E-state index contributed by atoms with van der Waals surface area (Å²) >= 11 is 0. The summed E-state index contributed by atoms with van der Waals surface area (Å²) in [4.78, 5) is 0. The van der Waals surface area contributed by atoms with Gasteiger partial charge in [0.2, 0.25) is 0 Å². The SMILES string of the molecule is CC(C)c1cn(CCOCCOCCOCCOCCCCCNC(C)(C)C)nn1. The lowest BCUT2D eigenvalue weighted by Crippen LogP contribution is -2.36. The summed E-state index contributed by atoms with van der Waals surface area (Å²) in [6, 6.07) is 0. The van der Waals surface area contributed by atoms with Gasteiger partial charge in [0.1, 0.15) is 0 Å². The summed E-state index contributed by atoms with van der Waals surface area (Å²) in [6.45, 7) is 17.5. The van der Waals surface area contributed by atoms with Gasteiger partial charge in [0.05, 0.1) is 58.5 Å². The van der Waals surface area contributed by atoms with Crippen LogP contribution < -0.4 is 5.32 Å². The van der Waals surface area contributed by atoms with Crippen molar-refractivity contribution >= 4 is 0 Å². The molecule has 0 atom stereocenters. The summed E-state index contributed by atoms with van der Waals surface area (Å²) in [5, 5.41) is 11.7. The molecule has 176 valence electrons. The normalized spacial score (nSPS) is 12.2. The summed E-state index contributed by atoms with van der Waals surface area (Å²) < 4.78 is 24.0. The van der Waals surface area contributed by atoms with E-state index in [1.807, 2.05) is 10.9 Å². The zero-order valence-electron chi connectivity index (χ0n) is 19.8. The van der Waals surface area contributed by atoms with E-state index in [0.717, 1.165) is 25.3 Å². The summed E-state index contributed by atoms with van der Waals surface area (Å²) in [6.07, 6.45) is 5.46. The van der Waals surface area contributed by atoms with Gasteiger partial charge in [0.15, 0.2) is 0 Å². The first-order chi connectivity index (χ1) is 14.4. The van der Waals surface area contributed by atoms with E-state index < -0.39 is 0 Å². The molecule has 0 aliphatic heterocycles. The van der Waals surface area contributed by atoms with E-state index in [9.17, 15) is 0 Å². The highest BCUT2D eigenvalue weighted by atomic mass is 16.6. The number of aromatic nitrogens is 3. The Morgan fingerprint density at radius 1 is 0.833 bits per heavy atom. The first-order valence-corrected chi connectivity index (χ1v) is 11.3. The second-order valence-corrected chi connectivity index (χ2v) is 8.75. The molecule has 8 heteroatoms. The van der Waals surface area contributed by atoms with Gasteiger partial charge in [0, 0.05) is 18.3 Å². The van der Waals surface area contributed by atoms with Crippen LogP contribution in [-0.2, 0) is 25.5 Å². The maximum Gasteiger partial charge on any atom is 0.0852 e. The summed E-state index contributed by atoms with van der Waals surface area (Å²) in [5.41, 5.74) is 1.22. The van der Waals surface area contributed by atoms with Crippen LogP contribution in [-0.4, -0.2) is 79.9 Å². The maximum absolute atomic E-state index is 5.59. The van der Waals surface area contributed by atoms with Crippen LogP contribution in [0.15, 0.2) is 6.20 Å². The predicted octanol–water partition coefficient (Wildman–Crippen LogP) is 3.03. The molecule has 0 unspecified atom stereocenters. The summed E-state index contributed by atoms with van der Waals surface area (Å²) in [7, 11) is 0. The van der Waals surface area contributed by atoms with Gasteiger partial charge in [0.25, 0.3) is 0 Å². The average molecular weight is 429 g/mol. The molecule has 1 rings (SSSR count). The molecule has 0 radical (unpaired) electrons. The first-order valence-electron chi connectivity index (χ1n) is 11.3. The van der Waals surface area contributed by atoms with Crippen molar-refractivity contribution in [1.82, 2.24) is 20.3 Å². The molecule has 1 aromatic heterocycles. The van der Waals surface area contributed by atoms with Gasteiger partial charge in [-0.15, -0.1) is 5.10 Å². The molecular weight excluding hydrogens is 384 g/mol. The smallest absolute Gasteiger partial charge is 0.0852 e. The van der Waals surface area contributed by atoms with Gasteiger partial charge in [-0.3, -0.25) is 0 Å². The van der Waals surface area contributed by atoms with Crippen molar-refractivity contribution in [1.29, 1.82) is 0 Å². The molecule has 0 saturated carbocycles. The Morgan fingerprint density at radius 2 is 1.40 bits per heavy atom. The lowest BCUT2D eigenvalue weighted by molar-refractivity contribution is -0.00310. The Morgan fingerprint density at radius 3 is 1.93 bits per heavy atom. The Labute approximate surface area is 183 Å². The highest BCUT2D eigenvalue weighted by Crippen LogP contribution is 2.08. The highest BCUT2D eigenvalue weighted by Gasteiger charge is 2.07. The van der Waals surface area contributed by atoms with Crippen molar-refractivity contribution in [2.75, 3.05) is 59.4 Å². The largest absolute Gasteiger partial charge is 0.379 e. The fourth-order valence-electron chi connectivity index (χ4n) is 2.58. The molecule has 1 heterocycles. The molecule has 1 N–H and O–H groups in total. The van der Waals surface area contributed by atoms with Gasteiger partial charge >= 0.3 is 0 Å². The zero-order chi connectivity index (χ0) is 22.1. The summed E-state index contributed by atoms with van der Waals surface area (Å²) in [5.74, 6) is 0.396. The third kappa shape index (κ3) is 15.7. The van der Waals surface area contributed by atoms with E-state index in [4.69, 9.17) is 18.9 Å². The lowest BCUT2D eigenvalue weighted by Gasteiger charge is -2.20. The van der Waals surface area contributed by atoms with Crippen LogP contribution >= 0.6 is 0 Å². The van der Waals surface area contributed by atoms with Crippen LogP contribution in [0, 0.1) is 0 Å². The fourth-order valence-corrected chi connectivity index (χ4v) is 2.58. The average Bonchev–Trinajstić information content (AvgIpc) is 3.15. The number of rotatable bonds is 19. The molecule has 0 saturated heterocycles. The second kappa shape index (κ2) is 16.6. The van der Waals surface area contributed by atoms with E-state index in [1.165, 1.54) is 12.8 Å². The second-order valence-electron chi connectivity index (χ2n) is 8.75. The van der Waals surface area contributed by atoms with Crippen molar-refractivity contribution in [3.05, 3.63) is 11.9 Å². The third-order valence-electron chi connectivity index (χ3n) is 4.35. The standard InChI is InChI=1S/C22H44N4O4/c1-20(2)21-19-26(25-24-21)10-12-28-14-16-30-18-17-29-15-13-27-11-8-6-7-9-23-22(3,4)5/h19-20,23H,6-18H2,1-5H3. The fraction of sp³-hybridized carbons (Fsp3) is 0.909. The minimum absolute atomic E-state index is 0.209. The quantitative estimate of drug-likeness (QED) is 0.339. The van der Waals surface area contributed by atoms with Crippen LogP contribution in [0.3, 0.4) is 0 Å². The molecule has 0 fully saturated rings. The van der Waals surface area contributed by atoms with E-state index >= 15 is 0 Å². The topological polar surface area (TPSA) is 79.7 Å². The Hall–Kier alpha value is -1.06. The zero-order valence-corrected chi connectivity index (χ0v) is 19.8. The number of hydrogen-bond acceptors (Lipinski definition) is 7. The molecule has 1 aromatic rings. The van der Waals surface area contributed by atoms with Crippen LogP contribution in [0.5, 0.6) is 0 Å². The molecule has 8 nitrogen and oxygen atoms in total. The predicted molar refractivity (Wildman–Crippen MR) is 119 cm³/mol. The minimum Gasteiger partial charge on any atom is -0.379 e. The Bertz CT molecular complexity index is 517. The molecule has 0 aromatic carbocycles. The van der Waals surface area contributed by atoms with Gasteiger partial charge in [-0.2, -0.15) is 0 Å². The van der Waals surface area contributed by atoms with E-state index in [-0.39, 0.29) is 5.54 Å². The lowest BCUT2D eigenvalue weighted by atomic mass is 10.1. The van der Waals surface area contributed by atoms with E-state index in [2.05, 4.69) is 50.2 Å². The number of ether oxygens (including phenoxy) is 4. The van der Waals surface area contributed by atoms with Crippen molar-refractivity contribution in [2.24, 2.45) is 0 Å². The molecule has 0 aliphatic rings. The molecule has 30 heavy (non-hydrogen) atoms. The molecule has 0 aliphatic carbocycles. The van der Waals surface area contributed by atoms with Crippen LogP contribution in [0.1, 0.15) is 65.5 Å². The van der Waals surface area contributed by atoms with Crippen LogP contribution in [0.25, 0.3) is 0 Å². The van der Waals surface area contributed by atoms with Gasteiger partial charge in [-0.05, 0) is 52.5 Å². The van der Waals surface area contributed by atoms with Crippen molar-refractivity contribution < 1.29 is 18.9 Å². The van der Waals surface area contributed by atoms with Crippen molar-refractivity contribution in [2.45, 2.75) is 71.9 Å². The number of nitrogens with zero attached hydrogens (tertiary/aromatic N) is 3. The third-order valence-corrected chi connectivity index (χ3v) is 4.35. The maximum atomic E-state index is 5.59. The van der Waals surface area contributed by atoms with E-state index in [0.29, 0.717) is 58.7 Å². The first kappa shape index (κ1) is 27.0. The van der Waals surface area contributed by atoms with Gasteiger partial charge in [-0.1, -0.05) is 19.1 Å². The molecule has 0 amide bonds. The number of hydrogen-bond donors (Lipinski definition) is 1. The van der Waals surface area contributed by atoms with Crippen molar-refractivity contribution in [3.63, 3.8) is 0 Å². The number of nitrogens with one attached hydrogen (secondary N) is 1. The molecular formula is C22H44N4O4. The van der Waals surface area contributed by atoms with Crippen LogP contribution in [0.2, 0.25) is 0 Å². The highest BCUT2D eigenvalue weighted by molar-refractivity contribution is 4.97. The van der Waals surface area contributed by atoms with Gasteiger partial charge < -0.3 is 24.3 Å². The Balaban J connectivity index is 1.74. The van der Waals surface area contributed by atoms with Crippen LogP contribution in [0.4, 0.5) is 0 Å². The molecule has 0 bridgehead atoms. The van der Waals surface area contributed by atoms with E-state index in [1.54, 1.807) is 0 Å². The monoisotopic (exact) mass is 428 g/mol. The van der Waals surface area contributed by atoms with Crippen molar-refractivity contribution in [3.8, 4) is 0 Å².